The summed E-state index contributed by atoms with van der Waals surface area (Å²) in [7, 11) is 0. The van der Waals surface area contributed by atoms with Crippen molar-refractivity contribution in [3.8, 4) is 57.4 Å². The van der Waals surface area contributed by atoms with Gasteiger partial charge < -0.3 is 46.4 Å². The van der Waals surface area contributed by atoms with Gasteiger partial charge in [-0.1, -0.05) is 96.0 Å². The molecule has 0 bridgehead atoms. The minimum absolute atomic E-state index is 0.102. The van der Waals surface area contributed by atoms with Crippen molar-refractivity contribution in [2.45, 2.75) is 95.8 Å². The van der Waals surface area contributed by atoms with Gasteiger partial charge in [0.25, 0.3) is 0 Å². The molecule has 0 saturated carbocycles. The number of aliphatic hydroxyl groups is 2. The molecule has 87 heavy (non-hydrogen) atoms. The number of primary amides is 2. The predicted molar refractivity (Wildman–Crippen MR) is 322 cm³/mol. The van der Waals surface area contributed by atoms with Gasteiger partial charge in [0.2, 0.25) is 11.8 Å². The van der Waals surface area contributed by atoms with Gasteiger partial charge in [-0.2, -0.15) is 10.5 Å². The number of aromatic nitrogens is 2. The number of halogens is 4. The van der Waals surface area contributed by atoms with E-state index in [-0.39, 0.29) is 54.2 Å². The molecule has 17 nitrogen and oxygen atoms in total. The van der Waals surface area contributed by atoms with Crippen LogP contribution in [0.3, 0.4) is 0 Å². The molecule has 0 aliphatic heterocycles. The molecule has 2 aliphatic carbocycles. The van der Waals surface area contributed by atoms with Gasteiger partial charge in [0.05, 0.1) is 38.9 Å². The quantitative estimate of drug-likeness (QED) is 0.0387. The van der Waals surface area contributed by atoms with Gasteiger partial charge in [0.15, 0.2) is 6.29 Å². The van der Waals surface area contributed by atoms with Crippen molar-refractivity contribution in [3.05, 3.63) is 223 Å². The van der Waals surface area contributed by atoms with Crippen molar-refractivity contribution in [3.63, 3.8) is 0 Å². The summed E-state index contributed by atoms with van der Waals surface area (Å²) >= 11 is 13.2. The number of benzene rings is 6. The van der Waals surface area contributed by atoms with Crippen LogP contribution in [-0.2, 0) is 42.2 Å². The fourth-order valence-electron chi connectivity index (χ4n) is 9.99. The summed E-state index contributed by atoms with van der Waals surface area (Å²) in [6.45, 7) is 3.21. The van der Waals surface area contributed by atoms with E-state index in [2.05, 4.69) is 21.4 Å². The Bertz CT molecular complexity index is 3900. The van der Waals surface area contributed by atoms with E-state index in [1.165, 1.54) is 44.4 Å². The van der Waals surface area contributed by atoms with Gasteiger partial charge in [-0.3, -0.25) is 29.7 Å². The zero-order valence-corrected chi connectivity index (χ0v) is 48.6. The van der Waals surface area contributed by atoms with E-state index in [1.807, 2.05) is 54.6 Å². The number of amides is 2. The van der Waals surface area contributed by atoms with Gasteiger partial charge in [-0.05, 0) is 109 Å². The van der Waals surface area contributed by atoms with E-state index in [0.717, 1.165) is 39.8 Å². The second-order valence-electron chi connectivity index (χ2n) is 20.5. The van der Waals surface area contributed by atoms with Crippen LogP contribution >= 0.6 is 23.2 Å². The van der Waals surface area contributed by atoms with Crippen LogP contribution in [0.1, 0.15) is 99.3 Å². The highest BCUT2D eigenvalue weighted by Crippen LogP contribution is 2.45. The number of nitrogens with one attached hydrogen (secondary N) is 1. The standard InChI is InChI=1S/C33H30ClFN4O4.C29H20ClFN2O3.C4H10N2O2/c1-19(40)32(33(37)41)39-17-22-12-27(34)31(13-30(22)42-18-21-11-20(14-36)15-38-16-21)43-29-10-9-24-23(6-4-7-26(24)29)25-5-2-3-8-28(25)35;30-25-11-20(16-34)28(35-17-19-10-18(13-32)14-33-15-19)12-29(25)36-27-9-8-22-21(5-3-6-24(22)27)23-4-1-2-7-26(23)31;1-2(7)3(5)4(6)8/h2-8,11-13,15-16,19,29,32,39-40H,9-10,17-18H2,1H3,(H2,37,41);1-7,10-12,14-16,27H,8-9,17H2;2-3,7H,5H2,1H3,(H2,6,8)/t19-,29+,32+;27-;2-,3+/m101/s1. The van der Waals surface area contributed by atoms with Crippen molar-refractivity contribution < 1.29 is 52.3 Å². The minimum atomic E-state index is -1.02. The molecule has 2 aromatic heterocycles. The van der Waals surface area contributed by atoms with Crippen molar-refractivity contribution in [2.75, 3.05) is 0 Å². The topological polar surface area (TPSA) is 292 Å². The van der Waals surface area contributed by atoms with Crippen molar-refractivity contribution in [1.29, 1.82) is 10.5 Å². The lowest BCUT2D eigenvalue weighted by molar-refractivity contribution is -0.122. The van der Waals surface area contributed by atoms with Crippen LogP contribution in [0.25, 0.3) is 22.3 Å². The number of rotatable bonds is 20. The first-order valence-corrected chi connectivity index (χ1v) is 28.2. The number of carbonyl (C=O) groups is 3. The zero-order valence-electron chi connectivity index (χ0n) is 47.1. The fourth-order valence-corrected chi connectivity index (χ4v) is 10.4. The Morgan fingerprint density at radius 2 is 1.13 bits per heavy atom. The highest BCUT2D eigenvalue weighted by molar-refractivity contribution is 6.32. The molecule has 6 aromatic carbocycles. The van der Waals surface area contributed by atoms with E-state index in [4.69, 9.17) is 69.7 Å². The third-order valence-electron chi connectivity index (χ3n) is 14.4. The number of nitriles is 2. The second-order valence-corrected chi connectivity index (χ2v) is 21.3. The number of nitrogens with zero attached hydrogens (tertiary/aromatic N) is 4. The fraction of sp³-hybridized carbons (Fsp3) is 0.227. The first kappa shape index (κ1) is 63.7. The lowest BCUT2D eigenvalue weighted by Crippen LogP contribution is -2.48. The van der Waals surface area contributed by atoms with Crippen molar-refractivity contribution >= 4 is 41.3 Å². The number of aliphatic hydroxyl groups excluding tert-OH is 2. The van der Waals surface area contributed by atoms with Gasteiger partial charge in [-0.25, -0.2) is 8.78 Å². The van der Waals surface area contributed by atoms with Crippen LogP contribution in [0.5, 0.6) is 23.0 Å². The van der Waals surface area contributed by atoms with Gasteiger partial charge >= 0.3 is 0 Å². The predicted octanol–water partition coefficient (Wildman–Crippen LogP) is 10.4. The second kappa shape index (κ2) is 29.7. The third kappa shape index (κ3) is 16.0. The maximum absolute atomic E-state index is 14.6. The van der Waals surface area contributed by atoms with Gasteiger partial charge in [-0.15, -0.1) is 0 Å². The molecule has 0 radical (unpaired) electrons. The summed E-state index contributed by atoms with van der Waals surface area (Å²) in [6.07, 6.45) is 7.15. The first-order valence-electron chi connectivity index (χ1n) is 27.4. The molecular formula is C66H60Cl2F2N8O9. The van der Waals surface area contributed by atoms with Crippen LogP contribution in [0.4, 0.5) is 8.78 Å². The third-order valence-corrected chi connectivity index (χ3v) is 15.0. The molecule has 6 atom stereocenters. The van der Waals surface area contributed by atoms with Crippen LogP contribution in [0, 0.1) is 34.3 Å². The van der Waals surface area contributed by atoms with E-state index >= 15 is 0 Å². The van der Waals surface area contributed by atoms with Crippen LogP contribution in [0.15, 0.2) is 146 Å². The molecule has 0 spiro atoms. The molecule has 9 N–H and O–H groups in total. The highest BCUT2D eigenvalue weighted by Gasteiger charge is 2.31. The average molecular weight is 1220 g/mol. The number of pyridine rings is 2. The van der Waals surface area contributed by atoms with Crippen LogP contribution < -0.4 is 41.5 Å². The number of hydrogen-bond acceptors (Lipinski definition) is 15. The summed E-state index contributed by atoms with van der Waals surface area (Å²) in [5.41, 5.74) is 25.1. The minimum Gasteiger partial charge on any atom is -0.488 e. The van der Waals surface area contributed by atoms with Gasteiger partial charge in [0.1, 0.15) is 84.3 Å². The summed E-state index contributed by atoms with van der Waals surface area (Å²) in [5, 5.41) is 40.4. The van der Waals surface area contributed by atoms with E-state index in [9.17, 15) is 33.5 Å². The molecule has 2 amide bonds. The Balaban J connectivity index is 0.000000203. The molecule has 0 saturated heterocycles. The Hall–Kier alpha value is -9.31. The summed E-state index contributed by atoms with van der Waals surface area (Å²) in [5.74, 6) is -0.418. The highest BCUT2D eigenvalue weighted by atomic mass is 35.5. The molecular weight excluding hydrogens is 1160 g/mol. The zero-order chi connectivity index (χ0) is 62.3. The Morgan fingerprint density at radius 1 is 0.655 bits per heavy atom. The maximum atomic E-state index is 14.6. The van der Waals surface area contributed by atoms with Crippen LogP contribution in [-0.4, -0.2) is 62.6 Å². The molecule has 2 aliphatic rings. The number of carbonyl (C=O) groups excluding carboxylic acids is 3. The van der Waals surface area contributed by atoms with E-state index in [0.29, 0.717) is 92.5 Å². The molecule has 21 heteroatoms. The van der Waals surface area contributed by atoms with Crippen LogP contribution in [0.2, 0.25) is 10.0 Å². The Labute approximate surface area is 510 Å². The molecule has 0 unspecified atom stereocenters. The number of fused-ring (bicyclic) bond motifs is 2. The lowest BCUT2D eigenvalue weighted by Gasteiger charge is -2.22. The van der Waals surface area contributed by atoms with Crippen molar-refractivity contribution in [2.24, 2.45) is 17.2 Å². The van der Waals surface area contributed by atoms with Crippen molar-refractivity contribution in [1.82, 2.24) is 15.3 Å². The molecule has 2 heterocycles. The SMILES string of the molecule is C[C@@H](O)[C@H](N)C(N)=O.C[C@@H](O)[C@H](NCc1cc(Cl)c(O[C@H]2CCc3c(-c4ccccc4F)cccc32)cc1OCc1cncc(C#N)c1)C(N)=O.N#Cc1cncc(COc2cc(O[C@H]3CCc4c(-c5ccccc5F)cccc43)c(Cl)cc2C=O)c1. The summed E-state index contributed by atoms with van der Waals surface area (Å²) in [4.78, 5) is 41.7. The smallest absolute Gasteiger partial charge is 0.237 e. The maximum Gasteiger partial charge on any atom is 0.237 e. The number of aldehydes is 1. The summed E-state index contributed by atoms with van der Waals surface area (Å²) in [6, 6.07) is 37.0. The number of nitrogens with two attached hydrogens (primary N) is 3. The average Bonchev–Trinajstić information content (AvgIpc) is 3.40. The molecule has 8 aromatic rings. The molecule has 10 rings (SSSR count). The number of ether oxygens (including phenoxy) is 4. The van der Waals surface area contributed by atoms with E-state index in [1.54, 1.807) is 67.0 Å². The van der Waals surface area contributed by atoms with E-state index < -0.39 is 36.1 Å². The molecule has 446 valence electrons. The Kier molecular flexibility index (Phi) is 21.7. The normalized spacial score (nSPS) is 15.0. The monoisotopic (exact) mass is 1220 g/mol. The first-order chi connectivity index (χ1) is 41.9. The lowest BCUT2D eigenvalue weighted by atomic mass is 9.96. The molecule has 0 fully saturated rings. The number of hydrogen-bond donors (Lipinski definition) is 6. The Morgan fingerprint density at radius 3 is 1.56 bits per heavy atom. The van der Waals surface area contributed by atoms with Gasteiger partial charge in [0, 0.05) is 71.3 Å². The summed E-state index contributed by atoms with van der Waals surface area (Å²) < 4.78 is 53.9. The largest absolute Gasteiger partial charge is 0.488 e.